The van der Waals surface area contributed by atoms with Crippen LogP contribution in [0.3, 0.4) is 0 Å². The molecule has 0 aromatic carbocycles. The Labute approximate surface area is 127 Å². The molecule has 3 N–H and O–H groups in total. The molecule has 2 aromatic rings. The van der Waals surface area contributed by atoms with Gasteiger partial charge in [-0.15, -0.1) is 11.3 Å². The van der Waals surface area contributed by atoms with E-state index in [1.807, 2.05) is 19.2 Å². The molecule has 2 rings (SSSR count). The number of carbonyl (C=O) groups is 1. The molecule has 2 aromatic heterocycles. The monoisotopic (exact) mass is 304 g/mol. The standard InChI is InChI=1S/C13H17BN4O2S/c1-3-8-7-21-12(17-8)9-5-11(16-6-10(9)14-20)18-13(19)15-4-2/h5-7,14,20H,3-4H2,1-2H3,(H2,15,16,18,19). The van der Waals surface area contributed by atoms with Crippen LogP contribution in [0.5, 0.6) is 0 Å². The van der Waals surface area contributed by atoms with Crippen LogP contribution < -0.4 is 16.1 Å². The summed E-state index contributed by atoms with van der Waals surface area (Å²) in [4.78, 5) is 20.2. The lowest BCUT2D eigenvalue weighted by Gasteiger charge is -2.08. The highest BCUT2D eigenvalue weighted by Gasteiger charge is 2.12. The molecular formula is C13H17BN4O2S. The van der Waals surface area contributed by atoms with Crippen molar-refractivity contribution in [2.75, 3.05) is 11.9 Å². The number of hydrogen-bond acceptors (Lipinski definition) is 5. The Morgan fingerprint density at radius 3 is 2.90 bits per heavy atom. The van der Waals surface area contributed by atoms with Gasteiger partial charge in [0.15, 0.2) is 0 Å². The highest BCUT2D eigenvalue weighted by molar-refractivity contribution is 7.13. The summed E-state index contributed by atoms with van der Waals surface area (Å²) >= 11 is 1.52. The number of carbonyl (C=O) groups excluding carboxylic acids is 1. The SMILES string of the molecule is CCNC(=O)Nc1cc(-c2nc(CC)cs2)c(BO)cn1. The zero-order valence-corrected chi connectivity index (χ0v) is 12.8. The predicted molar refractivity (Wildman–Crippen MR) is 86.4 cm³/mol. The van der Waals surface area contributed by atoms with Gasteiger partial charge in [-0.2, -0.15) is 0 Å². The van der Waals surface area contributed by atoms with E-state index in [-0.39, 0.29) is 13.5 Å². The van der Waals surface area contributed by atoms with Gasteiger partial charge in [-0.1, -0.05) is 6.92 Å². The Morgan fingerprint density at radius 2 is 2.29 bits per heavy atom. The predicted octanol–water partition coefficient (Wildman–Crippen LogP) is 0.878. The van der Waals surface area contributed by atoms with E-state index in [2.05, 4.69) is 20.6 Å². The third-order valence-corrected chi connectivity index (χ3v) is 3.80. The molecule has 0 aliphatic carbocycles. The first kappa shape index (κ1) is 15.5. The molecule has 0 bridgehead atoms. The second-order valence-corrected chi connectivity index (χ2v) is 5.22. The zero-order valence-electron chi connectivity index (χ0n) is 12.0. The van der Waals surface area contributed by atoms with Gasteiger partial charge < -0.3 is 10.3 Å². The Balaban J connectivity index is 2.31. The smallest absolute Gasteiger partial charge is 0.320 e. The van der Waals surface area contributed by atoms with Gasteiger partial charge in [0, 0.05) is 23.7 Å². The molecule has 0 aliphatic heterocycles. The van der Waals surface area contributed by atoms with Crippen LogP contribution in [-0.4, -0.2) is 35.1 Å². The van der Waals surface area contributed by atoms with E-state index in [0.29, 0.717) is 17.8 Å². The molecule has 0 saturated heterocycles. The Morgan fingerprint density at radius 1 is 1.48 bits per heavy atom. The van der Waals surface area contributed by atoms with Gasteiger partial charge in [-0.25, -0.2) is 14.8 Å². The molecule has 8 heteroatoms. The van der Waals surface area contributed by atoms with E-state index < -0.39 is 0 Å². The van der Waals surface area contributed by atoms with Crippen LogP contribution in [0, 0.1) is 0 Å². The molecular weight excluding hydrogens is 287 g/mol. The lowest BCUT2D eigenvalue weighted by atomic mass is 9.86. The molecule has 21 heavy (non-hydrogen) atoms. The number of anilines is 1. The summed E-state index contributed by atoms with van der Waals surface area (Å²) in [5, 5.41) is 17.6. The second kappa shape index (κ2) is 7.19. The van der Waals surface area contributed by atoms with E-state index in [1.54, 1.807) is 12.3 Å². The Bertz CT molecular complexity index is 632. The van der Waals surface area contributed by atoms with Crippen LogP contribution in [0.2, 0.25) is 0 Å². The van der Waals surface area contributed by atoms with Crippen LogP contribution in [0.4, 0.5) is 10.6 Å². The minimum absolute atomic E-state index is 0.120. The van der Waals surface area contributed by atoms with E-state index in [0.717, 1.165) is 22.7 Å². The fourth-order valence-corrected chi connectivity index (χ4v) is 2.75. The normalized spacial score (nSPS) is 10.2. The molecule has 2 amide bonds. The van der Waals surface area contributed by atoms with E-state index in [9.17, 15) is 9.82 Å². The van der Waals surface area contributed by atoms with Crippen LogP contribution in [-0.2, 0) is 6.42 Å². The molecule has 0 atom stereocenters. The largest absolute Gasteiger partial charge is 0.449 e. The van der Waals surface area contributed by atoms with Crippen LogP contribution in [0.25, 0.3) is 10.6 Å². The van der Waals surface area contributed by atoms with Crippen molar-refractivity contribution in [3.63, 3.8) is 0 Å². The summed E-state index contributed by atoms with van der Waals surface area (Å²) in [6, 6.07) is 1.43. The molecule has 0 aliphatic rings. The number of amides is 2. The maximum Gasteiger partial charge on any atom is 0.320 e. The number of nitrogens with one attached hydrogen (secondary N) is 2. The molecule has 0 spiro atoms. The van der Waals surface area contributed by atoms with Gasteiger partial charge in [0.25, 0.3) is 0 Å². The molecule has 6 nitrogen and oxygen atoms in total. The first-order valence-corrected chi connectivity index (χ1v) is 7.65. The summed E-state index contributed by atoms with van der Waals surface area (Å²) in [6.07, 6.45) is 2.42. The third-order valence-electron chi connectivity index (χ3n) is 2.88. The van der Waals surface area contributed by atoms with Crippen molar-refractivity contribution in [1.29, 1.82) is 0 Å². The number of nitrogens with zero attached hydrogens (tertiary/aromatic N) is 2. The Hall–Kier alpha value is -1.93. The average molecular weight is 304 g/mol. The van der Waals surface area contributed by atoms with Crippen LogP contribution >= 0.6 is 11.3 Å². The van der Waals surface area contributed by atoms with Crippen LogP contribution in [0.15, 0.2) is 17.6 Å². The summed E-state index contributed by atoms with van der Waals surface area (Å²) in [7, 11) is -0.120. The highest BCUT2D eigenvalue weighted by Crippen LogP contribution is 2.24. The first-order valence-electron chi connectivity index (χ1n) is 6.77. The van der Waals surface area contributed by atoms with Crippen molar-refractivity contribution in [3.05, 3.63) is 23.3 Å². The highest BCUT2D eigenvalue weighted by atomic mass is 32.1. The van der Waals surface area contributed by atoms with Crippen molar-refractivity contribution in [2.24, 2.45) is 0 Å². The number of hydrogen-bond donors (Lipinski definition) is 3. The maximum atomic E-state index is 11.5. The van der Waals surface area contributed by atoms with Gasteiger partial charge >= 0.3 is 13.5 Å². The minimum Gasteiger partial charge on any atom is -0.449 e. The topological polar surface area (TPSA) is 87.1 Å². The fraction of sp³-hybridized carbons (Fsp3) is 0.308. The van der Waals surface area contributed by atoms with Crippen molar-refractivity contribution in [3.8, 4) is 10.6 Å². The lowest BCUT2D eigenvalue weighted by molar-refractivity contribution is 0.252. The lowest BCUT2D eigenvalue weighted by Crippen LogP contribution is -2.29. The number of thiazole rings is 1. The van der Waals surface area contributed by atoms with Crippen molar-refractivity contribution >= 4 is 36.1 Å². The van der Waals surface area contributed by atoms with Gasteiger partial charge in [0.1, 0.15) is 10.8 Å². The maximum absolute atomic E-state index is 11.5. The fourth-order valence-electron chi connectivity index (χ4n) is 1.79. The summed E-state index contributed by atoms with van der Waals surface area (Å²) in [5.41, 5.74) is 2.49. The summed E-state index contributed by atoms with van der Waals surface area (Å²) in [6.45, 7) is 4.43. The minimum atomic E-state index is -0.305. The number of urea groups is 1. The zero-order chi connectivity index (χ0) is 15.2. The number of rotatable bonds is 5. The first-order chi connectivity index (χ1) is 10.2. The Kier molecular flexibility index (Phi) is 5.29. The van der Waals surface area contributed by atoms with Crippen LogP contribution in [0.1, 0.15) is 19.5 Å². The average Bonchev–Trinajstić information content (AvgIpc) is 2.96. The molecule has 0 saturated carbocycles. The van der Waals surface area contributed by atoms with Crippen molar-refractivity contribution in [2.45, 2.75) is 20.3 Å². The van der Waals surface area contributed by atoms with E-state index in [1.165, 1.54) is 11.3 Å². The molecule has 110 valence electrons. The van der Waals surface area contributed by atoms with Gasteiger partial charge in [0.05, 0.1) is 5.69 Å². The number of aromatic nitrogens is 2. The summed E-state index contributed by atoms with van der Waals surface area (Å²) < 4.78 is 0. The van der Waals surface area contributed by atoms with Gasteiger partial charge in [0.2, 0.25) is 0 Å². The number of aryl methyl sites for hydroxylation is 1. The quantitative estimate of drug-likeness (QED) is 0.716. The van der Waals surface area contributed by atoms with Crippen molar-refractivity contribution in [1.82, 2.24) is 15.3 Å². The van der Waals surface area contributed by atoms with Gasteiger partial charge in [-0.05, 0) is 24.9 Å². The number of pyridine rings is 1. The molecule has 0 unspecified atom stereocenters. The molecule has 2 heterocycles. The van der Waals surface area contributed by atoms with Gasteiger partial charge in [-0.3, -0.25) is 5.32 Å². The summed E-state index contributed by atoms with van der Waals surface area (Å²) in [5.74, 6) is 0.432. The van der Waals surface area contributed by atoms with Crippen molar-refractivity contribution < 1.29 is 9.82 Å². The molecule has 0 fully saturated rings. The molecule has 0 radical (unpaired) electrons. The van der Waals surface area contributed by atoms with E-state index in [4.69, 9.17) is 0 Å². The second-order valence-electron chi connectivity index (χ2n) is 4.37. The third kappa shape index (κ3) is 3.80. The van der Waals surface area contributed by atoms with E-state index >= 15 is 0 Å².